The van der Waals surface area contributed by atoms with Crippen LogP contribution in [0.5, 0.6) is 0 Å². The van der Waals surface area contributed by atoms with Gasteiger partial charge in [0, 0.05) is 18.8 Å². The lowest BCUT2D eigenvalue weighted by Gasteiger charge is -2.37. The number of hydrogen-bond donors (Lipinski definition) is 2. The van der Waals surface area contributed by atoms with E-state index >= 15 is 0 Å². The molecule has 2 aromatic rings. The highest BCUT2D eigenvalue weighted by molar-refractivity contribution is 6.30. The van der Waals surface area contributed by atoms with Crippen molar-refractivity contribution in [3.63, 3.8) is 0 Å². The molecule has 2 aromatic heterocycles. The zero-order chi connectivity index (χ0) is 21.5. The third kappa shape index (κ3) is 6.03. The van der Waals surface area contributed by atoms with Crippen molar-refractivity contribution in [2.24, 2.45) is 5.92 Å². The maximum Gasteiger partial charge on any atom is 0.242 e. The number of carbonyl (C=O) groups excluding carboxylic acids is 2. The van der Waals surface area contributed by atoms with Crippen LogP contribution in [0.4, 0.5) is 11.6 Å². The van der Waals surface area contributed by atoms with Crippen molar-refractivity contribution < 1.29 is 14.1 Å². The monoisotopic (exact) mass is 433 g/mol. The lowest BCUT2D eigenvalue weighted by Crippen LogP contribution is -2.50. The van der Waals surface area contributed by atoms with E-state index in [1.807, 2.05) is 0 Å². The first-order valence-electron chi connectivity index (χ1n) is 10.4. The average Bonchev–Trinajstić information content (AvgIpc) is 3.14. The first-order valence-corrected chi connectivity index (χ1v) is 10.7. The molecular weight excluding hydrogens is 406 g/mol. The van der Waals surface area contributed by atoms with Gasteiger partial charge in [-0.05, 0) is 44.9 Å². The van der Waals surface area contributed by atoms with Gasteiger partial charge in [-0.1, -0.05) is 36.5 Å². The highest BCUT2D eigenvalue weighted by atomic mass is 35.5. The standard InChI is InChI=1S/C21H28ClN5O3/c1-3-4-7-17(21(29)25-19-11-14(2)30-26-19)27-10-5-6-15(13-27)20(28)24-18-9-8-16(22)12-23-18/h8-9,11-12,15,17H,3-7,10,13H2,1-2H3,(H,23,24,28)(H,25,26,29). The zero-order valence-electron chi connectivity index (χ0n) is 17.4. The summed E-state index contributed by atoms with van der Waals surface area (Å²) < 4.78 is 5.04. The number of halogens is 1. The quantitative estimate of drug-likeness (QED) is 0.655. The number of aryl methyl sites for hydroxylation is 1. The maximum atomic E-state index is 13.0. The predicted molar refractivity (Wildman–Crippen MR) is 115 cm³/mol. The van der Waals surface area contributed by atoms with Crippen molar-refractivity contribution >= 4 is 35.1 Å². The van der Waals surface area contributed by atoms with E-state index in [0.717, 1.165) is 38.6 Å². The zero-order valence-corrected chi connectivity index (χ0v) is 18.1. The van der Waals surface area contributed by atoms with Crippen LogP contribution in [0.15, 0.2) is 28.9 Å². The second-order valence-electron chi connectivity index (χ2n) is 7.66. The molecule has 2 unspecified atom stereocenters. The molecule has 0 aliphatic carbocycles. The number of aromatic nitrogens is 2. The number of anilines is 2. The van der Waals surface area contributed by atoms with Crippen molar-refractivity contribution in [2.75, 3.05) is 23.7 Å². The summed E-state index contributed by atoms with van der Waals surface area (Å²) in [5, 5.41) is 10.1. The number of carbonyl (C=O) groups is 2. The first-order chi connectivity index (χ1) is 14.5. The van der Waals surface area contributed by atoms with Crippen LogP contribution in [0.1, 0.15) is 44.8 Å². The van der Waals surface area contributed by atoms with Gasteiger partial charge in [0.2, 0.25) is 11.8 Å². The molecule has 0 saturated carbocycles. The van der Waals surface area contributed by atoms with Crippen LogP contribution in [0, 0.1) is 12.8 Å². The molecule has 162 valence electrons. The molecule has 2 amide bonds. The summed E-state index contributed by atoms with van der Waals surface area (Å²) in [4.78, 5) is 32.0. The highest BCUT2D eigenvalue weighted by Crippen LogP contribution is 2.23. The van der Waals surface area contributed by atoms with Gasteiger partial charge in [-0.15, -0.1) is 0 Å². The van der Waals surface area contributed by atoms with Crippen molar-refractivity contribution in [3.8, 4) is 0 Å². The van der Waals surface area contributed by atoms with Crippen molar-refractivity contribution in [1.29, 1.82) is 0 Å². The molecule has 0 spiro atoms. The van der Waals surface area contributed by atoms with E-state index < -0.39 is 0 Å². The Labute approximate surface area is 181 Å². The minimum absolute atomic E-state index is 0.0868. The van der Waals surface area contributed by atoms with E-state index in [0.29, 0.717) is 29.0 Å². The van der Waals surface area contributed by atoms with E-state index in [-0.39, 0.29) is 23.8 Å². The Morgan fingerprint density at radius 1 is 1.33 bits per heavy atom. The Morgan fingerprint density at radius 3 is 2.83 bits per heavy atom. The molecule has 0 bridgehead atoms. The number of likely N-dealkylation sites (tertiary alicyclic amines) is 1. The summed E-state index contributed by atoms with van der Waals surface area (Å²) in [6.45, 7) is 5.18. The normalized spacial score (nSPS) is 18.0. The Kier molecular flexibility index (Phi) is 7.81. The van der Waals surface area contributed by atoms with E-state index in [1.54, 1.807) is 25.1 Å². The van der Waals surface area contributed by atoms with Gasteiger partial charge in [-0.25, -0.2) is 4.98 Å². The summed E-state index contributed by atoms with van der Waals surface area (Å²) in [5.41, 5.74) is 0. The van der Waals surface area contributed by atoms with Crippen LogP contribution in [0.2, 0.25) is 5.02 Å². The molecule has 3 heterocycles. The van der Waals surface area contributed by atoms with Crippen LogP contribution in [-0.2, 0) is 9.59 Å². The molecule has 0 radical (unpaired) electrons. The lowest BCUT2D eigenvalue weighted by molar-refractivity contribution is -0.126. The number of pyridine rings is 1. The Hall–Kier alpha value is -2.45. The molecule has 1 fully saturated rings. The lowest BCUT2D eigenvalue weighted by atomic mass is 9.94. The molecule has 2 N–H and O–H groups in total. The van der Waals surface area contributed by atoms with Crippen molar-refractivity contribution in [3.05, 3.63) is 35.2 Å². The fraction of sp³-hybridized carbons (Fsp3) is 0.524. The first kappa shape index (κ1) is 22.2. The van der Waals surface area contributed by atoms with Gasteiger partial charge in [0.25, 0.3) is 0 Å². The van der Waals surface area contributed by atoms with Crippen LogP contribution >= 0.6 is 11.6 Å². The summed E-state index contributed by atoms with van der Waals surface area (Å²) in [6, 6.07) is 4.75. The number of rotatable bonds is 8. The van der Waals surface area contributed by atoms with Gasteiger partial charge < -0.3 is 15.2 Å². The number of nitrogens with one attached hydrogen (secondary N) is 2. The number of piperidine rings is 1. The van der Waals surface area contributed by atoms with Gasteiger partial charge in [0.05, 0.1) is 17.0 Å². The van der Waals surface area contributed by atoms with E-state index in [4.69, 9.17) is 16.1 Å². The molecule has 1 saturated heterocycles. The Morgan fingerprint density at radius 2 is 2.17 bits per heavy atom. The SMILES string of the molecule is CCCCC(C(=O)Nc1cc(C)on1)N1CCCC(C(=O)Nc2ccc(Cl)cn2)C1. The topological polar surface area (TPSA) is 100 Å². The largest absolute Gasteiger partial charge is 0.360 e. The van der Waals surface area contributed by atoms with E-state index in [1.165, 1.54) is 6.20 Å². The van der Waals surface area contributed by atoms with Crippen molar-refractivity contribution in [1.82, 2.24) is 15.0 Å². The molecule has 2 atom stereocenters. The number of nitrogens with zero attached hydrogens (tertiary/aromatic N) is 3. The van der Waals surface area contributed by atoms with Gasteiger partial charge in [-0.3, -0.25) is 14.5 Å². The Bertz CT molecular complexity index is 855. The van der Waals surface area contributed by atoms with Crippen molar-refractivity contribution in [2.45, 2.75) is 52.0 Å². The fourth-order valence-corrected chi connectivity index (χ4v) is 3.81. The molecule has 1 aliphatic rings. The smallest absolute Gasteiger partial charge is 0.242 e. The molecule has 0 aromatic carbocycles. The maximum absolute atomic E-state index is 13.0. The fourth-order valence-electron chi connectivity index (χ4n) is 3.69. The Balaban J connectivity index is 1.64. The molecule has 30 heavy (non-hydrogen) atoms. The van der Waals surface area contributed by atoms with Crippen LogP contribution in [-0.4, -0.2) is 46.0 Å². The third-order valence-electron chi connectivity index (χ3n) is 5.26. The molecule has 8 nitrogen and oxygen atoms in total. The van der Waals surface area contributed by atoms with Crippen LogP contribution in [0.25, 0.3) is 0 Å². The number of unbranched alkanes of at least 4 members (excludes halogenated alkanes) is 1. The predicted octanol–water partition coefficient (Wildman–Crippen LogP) is 3.88. The van der Waals surface area contributed by atoms with Gasteiger partial charge in [0.1, 0.15) is 11.6 Å². The average molecular weight is 434 g/mol. The molecular formula is C21H28ClN5O3. The second-order valence-corrected chi connectivity index (χ2v) is 8.09. The highest BCUT2D eigenvalue weighted by Gasteiger charge is 2.33. The van der Waals surface area contributed by atoms with E-state index in [2.05, 4.69) is 32.6 Å². The van der Waals surface area contributed by atoms with Gasteiger partial charge in [0.15, 0.2) is 5.82 Å². The van der Waals surface area contributed by atoms with Crippen LogP contribution in [0.3, 0.4) is 0 Å². The second kappa shape index (κ2) is 10.5. The third-order valence-corrected chi connectivity index (χ3v) is 5.48. The molecule has 3 rings (SSSR count). The summed E-state index contributed by atoms with van der Waals surface area (Å²) in [6.07, 6.45) is 5.78. The summed E-state index contributed by atoms with van der Waals surface area (Å²) >= 11 is 5.85. The van der Waals surface area contributed by atoms with Crippen LogP contribution < -0.4 is 10.6 Å². The van der Waals surface area contributed by atoms with Gasteiger partial charge in [-0.2, -0.15) is 0 Å². The molecule has 9 heteroatoms. The summed E-state index contributed by atoms with van der Waals surface area (Å²) in [5.74, 6) is 1.12. The number of hydrogen-bond acceptors (Lipinski definition) is 6. The minimum Gasteiger partial charge on any atom is -0.360 e. The molecule has 1 aliphatic heterocycles. The summed E-state index contributed by atoms with van der Waals surface area (Å²) in [7, 11) is 0. The van der Waals surface area contributed by atoms with Gasteiger partial charge >= 0.3 is 0 Å². The van der Waals surface area contributed by atoms with E-state index in [9.17, 15) is 9.59 Å². The minimum atomic E-state index is -0.314. The number of amides is 2.